The van der Waals surface area contributed by atoms with Crippen molar-refractivity contribution in [3.63, 3.8) is 0 Å². The monoisotopic (exact) mass is 253 g/mol. The highest BCUT2D eigenvalue weighted by atomic mass is 16.3. The Kier molecular flexibility index (Phi) is 3.03. The second-order valence-corrected chi connectivity index (χ2v) is 4.50. The number of hydrogen-bond acceptors (Lipinski definition) is 3. The first kappa shape index (κ1) is 11.9. The SMILES string of the molecule is NC(CO)c1ncc(-c2cccc3ccccc23)[nH]1. The van der Waals surface area contributed by atoms with Crippen molar-refractivity contribution in [2.75, 3.05) is 6.61 Å². The molecule has 0 bridgehead atoms. The van der Waals surface area contributed by atoms with Crippen molar-refractivity contribution in [3.05, 3.63) is 54.5 Å². The van der Waals surface area contributed by atoms with Gasteiger partial charge in [0.05, 0.1) is 24.5 Å². The molecular formula is C15H15N3O. The van der Waals surface area contributed by atoms with Crippen molar-refractivity contribution in [3.8, 4) is 11.3 Å². The van der Waals surface area contributed by atoms with Crippen molar-refractivity contribution < 1.29 is 5.11 Å². The van der Waals surface area contributed by atoms with E-state index in [4.69, 9.17) is 10.8 Å². The van der Waals surface area contributed by atoms with Crippen molar-refractivity contribution in [2.24, 2.45) is 5.73 Å². The topological polar surface area (TPSA) is 74.9 Å². The molecule has 1 atom stereocenters. The summed E-state index contributed by atoms with van der Waals surface area (Å²) < 4.78 is 0. The van der Waals surface area contributed by atoms with Crippen molar-refractivity contribution >= 4 is 10.8 Å². The summed E-state index contributed by atoms with van der Waals surface area (Å²) in [6.45, 7) is -0.123. The standard InChI is InChI=1S/C15H15N3O/c16-13(9-19)15-17-8-14(18-15)12-7-3-5-10-4-1-2-6-11(10)12/h1-8,13,19H,9,16H2,(H,17,18). The molecule has 0 aliphatic heterocycles. The number of H-pyrrole nitrogens is 1. The first-order valence-corrected chi connectivity index (χ1v) is 6.19. The molecule has 0 aliphatic carbocycles. The van der Waals surface area contributed by atoms with E-state index in [1.165, 1.54) is 5.39 Å². The summed E-state index contributed by atoms with van der Waals surface area (Å²) >= 11 is 0. The average molecular weight is 253 g/mol. The van der Waals surface area contributed by atoms with Crippen LogP contribution in [0, 0.1) is 0 Å². The Hall–Kier alpha value is -2.17. The summed E-state index contributed by atoms with van der Waals surface area (Å²) in [7, 11) is 0. The number of nitrogens with zero attached hydrogens (tertiary/aromatic N) is 1. The molecule has 0 amide bonds. The number of aromatic nitrogens is 2. The number of aromatic amines is 1. The number of fused-ring (bicyclic) bond motifs is 1. The highest BCUT2D eigenvalue weighted by Crippen LogP contribution is 2.27. The van der Waals surface area contributed by atoms with Gasteiger partial charge in [0.1, 0.15) is 5.82 Å². The summed E-state index contributed by atoms with van der Waals surface area (Å²) in [4.78, 5) is 7.41. The average Bonchev–Trinajstić information content (AvgIpc) is 2.95. The molecule has 4 heteroatoms. The number of benzene rings is 2. The van der Waals surface area contributed by atoms with Gasteiger partial charge in [0, 0.05) is 5.56 Å². The summed E-state index contributed by atoms with van der Waals surface area (Å²) in [6, 6.07) is 13.9. The molecule has 1 aromatic heterocycles. The molecule has 2 aromatic carbocycles. The zero-order valence-corrected chi connectivity index (χ0v) is 10.4. The van der Waals surface area contributed by atoms with Crippen LogP contribution in [0.15, 0.2) is 48.7 Å². The van der Waals surface area contributed by atoms with Gasteiger partial charge in [-0.1, -0.05) is 42.5 Å². The van der Waals surface area contributed by atoms with Gasteiger partial charge in [-0.2, -0.15) is 0 Å². The van der Waals surface area contributed by atoms with Crippen LogP contribution in [0.5, 0.6) is 0 Å². The van der Waals surface area contributed by atoms with Crippen molar-refractivity contribution in [1.82, 2.24) is 9.97 Å². The second kappa shape index (κ2) is 4.84. The molecule has 0 saturated heterocycles. The van der Waals surface area contributed by atoms with Crippen LogP contribution in [0.1, 0.15) is 11.9 Å². The Labute approximate surface area is 110 Å². The van der Waals surface area contributed by atoms with Gasteiger partial charge >= 0.3 is 0 Å². The van der Waals surface area contributed by atoms with E-state index >= 15 is 0 Å². The Bertz CT molecular complexity index is 700. The molecule has 19 heavy (non-hydrogen) atoms. The van der Waals surface area contributed by atoms with E-state index in [1.54, 1.807) is 6.20 Å². The highest BCUT2D eigenvalue weighted by molar-refractivity contribution is 5.95. The first-order chi connectivity index (χ1) is 9.29. The Morgan fingerprint density at radius 1 is 1.16 bits per heavy atom. The third-order valence-electron chi connectivity index (χ3n) is 3.22. The lowest BCUT2D eigenvalue weighted by Gasteiger charge is -2.05. The van der Waals surface area contributed by atoms with E-state index in [2.05, 4.69) is 28.2 Å². The van der Waals surface area contributed by atoms with Crippen LogP contribution in [0.2, 0.25) is 0 Å². The van der Waals surface area contributed by atoms with Crippen LogP contribution >= 0.6 is 0 Å². The Morgan fingerprint density at radius 2 is 1.95 bits per heavy atom. The largest absolute Gasteiger partial charge is 0.394 e. The van der Waals surface area contributed by atoms with Crippen LogP contribution in [0.3, 0.4) is 0 Å². The van der Waals surface area contributed by atoms with E-state index in [9.17, 15) is 0 Å². The lowest BCUT2D eigenvalue weighted by Crippen LogP contribution is -2.15. The zero-order chi connectivity index (χ0) is 13.2. The number of hydrogen-bond donors (Lipinski definition) is 3. The molecule has 4 nitrogen and oxygen atoms in total. The summed E-state index contributed by atoms with van der Waals surface area (Å²) in [6.07, 6.45) is 1.76. The van der Waals surface area contributed by atoms with Crippen LogP contribution < -0.4 is 5.73 Å². The molecule has 4 N–H and O–H groups in total. The molecular weight excluding hydrogens is 238 g/mol. The summed E-state index contributed by atoms with van der Waals surface area (Å²) in [5, 5.41) is 11.4. The first-order valence-electron chi connectivity index (χ1n) is 6.19. The van der Waals surface area contributed by atoms with E-state index in [0.717, 1.165) is 16.6 Å². The van der Waals surface area contributed by atoms with Crippen molar-refractivity contribution in [2.45, 2.75) is 6.04 Å². The predicted molar refractivity (Wildman–Crippen MR) is 75.5 cm³/mol. The minimum atomic E-state index is -0.469. The van der Waals surface area contributed by atoms with E-state index in [-0.39, 0.29) is 6.61 Å². The fourth-order valence-corrected chi connectivity index (χ4v) is 2.21. The van der Waals surface area contributed by atoms with E-state index in [0.29, 0.717) is 5.82 Å². The van der Waals surface area contributed by atoms with E-state index < -0.39 is 6.04 Å². The molecule has 3 aromatic rings. The molecule has 0 fully saturated rings. The molecule has 0 radical (unpaired) electrons. The predicted octanol–water partition coefficient (Wildman–Crippen LogP) is 2.22. The van der Waals surface area contributed by atoms with Gasteiger partial charge in [-0.15, -0.1) is 0 Å². The lowest BCUT2D eigenvalue weighted by molar-refractivity contribution is 0.264. The smallest absolute Gasteiger partial charge is 0.125 e. The maximum Gasteiger partial charge on any atom is 0.125 e. The molecule has 0 aliphatic rings. The fraction of sp³-hybridized carbons (Fsp3) is 0.133. The maximum atomic E-state index is 9.05. The van der Waals surface area contributed by atoms with Gasteiger partial charge in [0.2, 0.25) is 0 Å². The number of imidazole rings is 1. The maximum absolute atomic E-state index is 9.05. The Balaban J connectivity index is 2.12. The number of aliphatic hydroxyl groups excluding tert-OH is 1. The van der Waals surface area contributed by atoms with E-state index in [1.807, 2.05) is 24.3 Å². The number of nitrogens with two attached hydrogens (primary N) is 1. The molecule has 0 saturated carbocycles. The summed E-state index contributed by atoms with van der Waals surface area (Å²) in [5.74, 6) is 0.602. The molecule has 1 heterocycles. The number of nitrogens with one attached hydrogen (secondary N) is 1. The Morgan fingerprint density at radius 3 is 2.79 bits per heavy atom. The van der Waals surface area contributed by atoms with Gasteiger partial charge in [-0.3, -0.25) is 0 Å². The fourth-order valence-electron chi connectivity index (χ4n) is 2.21. The van der Waals surface area contributed by atoms with Crippen LogP contribution in [-0.4, -0.2) is 21.7 Å². The van der Waals surface area contributed by atoms with Crippen LogP contribution in [0.4, 0.5) is 0 Å². The highest BCUT2D eigenvalue weighted by Gasteiger charge is 2.11. The zero-order valence-electron chi connectivity index (χ0n) is 10.4. The van der Waals surface area contributed by atoms with Crippen LogP contribution in [-0.2, 0) is 0 Å². The van der Waals surface area contributed by atoms with Gasteiger partial charge in [0.25, 0.3) is 0 Å². The van der Waals surface area contributed by atoms with Gasteiger partial charge in [0.15, 0.2) is 0 Å². The quantitative estimate of drug-likeness (QED) is 0.670. The number of rotatable bonds is 3. The minimum absolute atomic E-state index is 0.123. The second-order valence-electron chi connectivity index (χ2n) is 4.50. The van der Waals surface area contributed by atoms with Gasteiger partial charge in [-0.25, -0.2) is 4.98 Å². The molecule has 0 spiro atoms. The molecule has 3 rings (SSSR count). The lowest BCUT2D eigenvalue weighted by atomic mass is 10.0. The van der Waals surface area contributed by atoms with Gasteiger partial charge < -0.3 is 15.8 Å². The van der Waals surface area contributed by atoms with Gasteiger partial charge in [-0.05, 0) is 10.8 Å². The minimum Gasteiger partial charge on any atom is -0.394 e. The third kappa shape index (κ3) is 2.12. The number of aliphatic hydroxyl groups is 1. The summed E-state index contributed by atoms with van der Waals surface area (Å²) in [5.41, 5.74) is 7.75. The third-order valence-corrected chi connectivity index (χ3v) is 3.22. The molecule has 1 unspecified atom stereocenters. The van der Waals surface area contributed by atoms with Crippen molar-refractivity contribution in [1.29, 1.82) is 0 Å². The molecule has 96 valence electrons. The normalized spacial score (nSPS) is 12.7. The van der Waals surface area contributed by atoms with Crippen LogP contribution in [0.25, 0.3) is 22.0 Å².